The molecule has 0 aliphatic carbocycles. The standard InChI is InChI=1S/C23H26N2O5/c1-3-4-13-30-20-10-9-18(29-2)14-19(20)24-23(28)17-7-5-16(6-8-17)15-25-21(26)11-12-22(25)27/h5-10,14H,3-4,11-13,15H2,1-2H3,(H,24,28). The van der Waals surface area contributed by atoms with Crippen LogP contribution in [0.15, 0.2) is 42.5 Å². The Balaban J connectivity index is 1.69. The van der Waals surface area contributed by atoms with Gasteiger partial charge in [-0.05, 0) is 36.2 Å². The van der Waals surface area contributed by atoms with Gasteiger partial charge in [0, 0.05) is 24.5 Å². The summed E-state index contributed by atoms with van der Waals surface area (Å²) in [4.78, 5) is 37.5. The highest BCUT2D eigenvalue weighted by Crippen LogP contribution is 2.30. The van der Waals surface area contributed by atoms with E-state index < -0.39 is 0 Å². The number of hydrogen-bond acceptors (Lipinski definition) is 5. The van der Waals surface area contributed by atoms with E-state index in [1.54, 1.807) is 49.6 Å². The highest BCUT2D eigenvalue weighted by molar-refractivity contribution is 6.05. The number of rotatable bonds is 9. The summed E-state index contributed by atoms with van der Waals surface area (Å²) in [6.07, 6.45) is 2.47. The zero-order chi connectivity index (χ0) is 21.5. The van der Waals surface area contributed by atoms with Crippen molar-refractivity contribution >= 4 is 23.4 Å². The van der Waals surface area contributed by atoms with Crippen molar-refractivity contribution in [2.75, 3.05) is 19.0 Å². The second-order valence-electron chi connectivity index (χ2n) is 7.09. The number of ether oxygens (including phenoxy) is 2. The third-order valence-corrected chi connectivity index (χ3v) is 4.90. The number of nitrogens with one attached hydrogen (secondary N) is 1. The maximum Gasteiger partial charge on any atom is 0.255 e. The fourth-order valence-electron chi connectivity index (χ4n) is 3.12. The maximum atomic E-state index is 12.7. The van der Waals surface area contributed by atoms with Gasteiger partial charge < -0.3 is 14.8 Å². The molecule has 1 aliphatic heterocycles. The molecule has 7 nitrogen and oxygen atoms in total. The SMILES string of the molecule is CCCCOc1ccc(OC)cc1NC(=O)c1ccc(CN2C(=O)CCC2=O)cc1. The molecule has 1 aliphatic rings. The Morgan fingerprint density at radius 2 is 1.77 bits per heavy atom. The van der Waals surface area contributed by atoms with Crippen LogP contribution >= 0.6 is 0 Å². The number of benzene rings is 2. The van der Waals surface area contributed by atoms with Crippen molar-refractivity contribution in [3.63, 3.8) is 0 Å². The highest BCUT2D eigenvalue weighted by Gasteiger charge is 2.28. The van der Waals surface area contributed by atoms with E-state index in [4.69, 9.17) is 9.47 Å². The molecule has 0 unspecified atom stereocenters. The molecule has 30 heavy (non-hydrogen) atoms. The minimum absolute atomic E-state index is 0.157. The Morgan fingerprint density at radius 1 is 1.07 bits per heavy atom. The molecule has 158 valence electrons. The number of carbonyl (C=O) groups excluding carboxylic acids is 3. The lowest BCUT2D eigenvalue weighted by Crippen LogP contribution is -2.28. The molecule has 7 heteroatoms. The number of nitrogens with zero attached hydrogens (tertiary/aromatic N) is 1. The molecule has 0 aromatic heterocycles. The normalized spacial score (nSPS) is 13.5. The van der Waals surface area contributed by atoms with Gasteiger partial charge >= 0.3 is 0 Å². The lowest BCUT2D eigenvalue weighted by Gasteiger charge is -2.15. The van der Waals surface area contributed by atoms with E-state index >= 15 is 0 Å². The zero-order valence-electron chi connectivity index (χ0n) is 17.3. The molecule has 0 saturated carbocycles. The molecule has 0 radical (unpaired) electrons. The number of amides is 3. The van der Waals surface area contributed by atoms with Crippen LogP contribution in [-0.2, 0) is 16.1 Å². The van der Waals surface area contributed by atoms with Gasteiger partial charge in [-0.25, -0.2) is 0 Å². The molecular weight excluding hydrogens is 384 g/mol. The minimum atomic E-state index is -0.288. The number of likely N-dealkylation sites (tertiary alicyclic amines) is 1. The number of unbranched alkanes of at least 4 members (excludes halogenated alkanes) is 1. The summed E-state index contributed by atoms with van der Waals surface area (Å²) in [5.41, 5.74) is 1.79. The summed E-state index contributed by atoms with van der Waals surface area (Å²) in [5.74, 6) is 0.595. The first-order chi connectivity index (χ1) is 14.5. The zero-order valence-corrected chi connectivity index (χ0v) is 17.3. The van der Waals surface area contributed by atoms with E-state index in [1.807, 2.05) is 0 Å². The van der Waals surface area contributed by atoms with Gasteiger partial charge in [0.05, 0.1) is 25.9 Å². The largest absolute Gasteiger partial charge is 0.497 e. The third-order valence-electron chi connectivity index (χ3n) is 4.90. The van der Waals surface area contributed by atoms with E-state index in [2.05, 4.69) is 12.2 Å². The number of methoxy groups -OCH3 is 1. The number of carbonyl (C=O) groups is 3. The van der Waals surface area contributed by atoms with Gasteiger partial charge in [0.1, 0.15) is 11.5 Å². The molecule has 1 fully saturated rings. The van der Waals surface area contributed by atoms with Crippen LogP contribution in [0.3, 0.4) is 0 Å². The molecule has 1 saturated heterocycles. The molecular formula is C23H26N2O5. The fourth-order valence-corrected chi connectivity index (χ4v) is 3.12. The molecule has 1 heterocycles. The molecule has 1 N–H and O–H groups in total. The van der Waals surface area contributed by atoms with Gasteiger partial charge in [-0.2, -0.15) is 0 Å². The molecule has 3 amide bonds. The van der Waals surface area contributed by atoms with E-state index in [0.29, 0.717) is 29.4 Å². The van der Waals surface area contributed by atoms with Gasteiger partial charge in [0.25, 0.3) is 5.91 Å². The first kappa shape index (κ1) is 21.4. The summed E-state index contributed by atoms with van der Waals surface area (Å²) in [6, 6.07) is 12.1. The van der Waals surface area contributed by atoms with Crippen LogP contribution in [0, 0.1) is 0 Å². The molecule has 0 bridgehead atoms. The smallest absolute Gasteiger partial charge is 0.255 e. The minimum Gasteiger partial charge on any atom is -0.497 e. The topological polar surface area (TPSA) is 84.9 Å². The Bertz CT molecular complexity index is 908. The molecule has 3 rings (SSSR count). The number of anilines is 1. The average Bonchev–Trinajstić information content (AvgIpc) is 3.07. The second-order valence-corrected chi connectivity index (χ2v) is 7.09. The average molecular weight is 410 g/mol. The van der Waals surface area contributed by atoms with Gasteiger partial charge in [-0.1, -0.05) is 25.5 Å². The molecule has 2 aromatic carbocycles. The van der Waals surface area contributed by atoms with Crippen molar-refractivity contribution in [1.82, 2.24) is 4.90 Å². The van der Waals surface area contributed by atoms with Crippen molar-refractivity contribution in [2.24, 2.45) is 0 Å². The van der Waals surface area contributed by atoms with E-state index in [1.165, 1.54) is 4.90 Å². The van der Waals surface area contributed by atoms with Gasteiger partial charge in [0.15, 0.2) is 0 Å². The highest BCUT2D eigenvalue weighted by atomic mass is 16.5. The van der Waals surface area contributed by atoms with Gasteiger partial charge in [-0.15, -0.1) is 0 Å². The van der Waals surface area contributed by atoms with Crippen molar-refractivity contribution in [3.05, 3.63) is 53.6 Å². The van der Waals surface area contributed by atoms with E-state index in [-0.39, 0.29) is 37.1 Å². The second kappa shape index (κ2) is 9.91. The van der Waals surface area contributed by atoms with Crippen molar-refractivity contribution < 1.29 is 23.9 Å². The van der Waals surface area contributed by atoms with Crippen LogP contribution in [0.1, 0.15) is 48.5 Å². The van der Waals surface area contributed by atoms with Gasteiger partial charge in [0.2, 0.25) is 11.8 Å². The first-order valence-corrected chi connectivity index (χ1v) is 10.1. The van der Waals surface area contributed by atoms with Crippen molar-refractivity contribution in [1.29, 1.82) is 0 Å². The Hall–Kier alpha value is -3.35. The molecule has 0 spiro atoms. The third kappa shape index (κ3) is 5.17. The van der Waals surface area contributed by atoms with Crippen molar-refractivity contribution in [3.8, 4) is 11.5 Å². The molecule has 2 aromatic rings. The molecule has 0 atom stereocenters. The van der Waals surface area contributed by atoms with Crippen LogP contribution in [0.4, 0.5) is 5.69 Å². The number of hydrogen-bond donors (Lipinski definition) is 1. The first-order valence-electron chi connectivity index (χ1n) is 10.1. The lowest BCUT2D eigenvalue weighted by molar-refractivity contribution is -0.139. The lowest BCUT2D eigenvalue weighted by atomic mass is 10.1. The predicted molar refractivity (Wildman–Crippen MR) is 113 cm³/mol. The van der Waals surface area contributed by atoms with Crippen LogP contribution in [-0.4, -0.2) is 36.3 Å². The van der Waals surface area contributed by atoms with Crippen LogP contribution in [0.2, 0.25) is 0 Å². The Kier molecular flexibility index (Phi) is 7.06. The van der Waals surface area contributed by atoms with Crippen LogP contribution < -0.4 is 14.8 Å². The summed E-state index contributed by atoms with van der Waals surface area (Å²) >= 11 is 0. The quantitative estimate of drug-likeness (QED) is 0.502. The van der Waals surface area contributed by atoms with E-state index in [9.17, 15) is 14.4 Å². The Labute approximate surface area is 176 Å². The number of imide groups is 1. The maximum absolute atomic E-state index is 12.7. The van der Waals surface area contributed by atoms with Crippen LogP contribution in [0.5, 0.6) is 11.5 Å². The predicted octanol–water partition coefficient (Wildman–Crippen LogP) is 3.78. The van der Waals surface area contributed by atoms with Gasteiger partial charge in [-0.3, -0.25) is 19.3 Å². The van der Waals surface area contributed by atoms with Crippen LogP contribution in [0.25, 0.3) is 0 Å². The summed E-state index contributed by atoms with van der Waals surface area (Å²) < 4.78 is 11.0. The Morgan fingerprint density at radius 3 is 2.40 bits per heavy atom. The van der Waals surface area contributed by atoms with E-state index in [0.717, 1.165) is 18.4 Å². The summed E-state index contributed by atoms with van der Waals surface area (Å²) in [7, 11) is 1.56. The van der Waals surface area contributed by atoms with Crippen molar-refractivity contribution in [2.45, 2.75) is 39.2 Å². The summed E-state index contributed by atoms with van der Waals surface area (Å²) in [6.45, 7) is 2.87. The fraction of sp³-hybridized carbons (Fsp3) is 0.348. The summed E-state index contributed by atoms with van der Waals surface area (Å²) in [5, 5.41) is 2.87. The monoisotopic (exact) mass is 410 g/mol.